The number of benzene rings is 3. The Morgan fingerprint density at radius 2 is 1.81 bits per heavy atom. The number of amides is 1. The maximum Gasteiger partial charge on any atom is 0.264 e. The number of carbonyl (C=O) groups excluding carboxylic acids is 1. The molecular formula is C28H32N2O5S. The van der Waals surface area contributed by atoms with Gasteiger partial charge in [0.2, 0.25) is 5.91 Å². The third kappa shape index (κ3) is 5.18. The van der Waals surface area contributed by atoms with Gasteiger partial charge in [-0.3, -0.25) is 9.10 Å². The van der Waals surface area contributed by atoms with E-state index in [0.29, 0.717) is 23.6 Å². The topological polar surface area (TPSA) is 84.9 Å². The Kier molecular flexibility index (Phi) is 7.00. The van der Waals surface area contributed by atoms with E-state index in [0.717, 1.165) is 16.7 Å². The lowest BCUT2D eigenvalue weighted by atomic mass is 9.89. The van der Waals surface area contributed by atoms with Crippen LogP contribution in [0.4, 0.5) is 5.69 Å². The molecule has 190 valence electrons. The number of nitrogens with one attached hydrogen (secondary N) is 1. The van der Waals surface area contributed by atoms with Gasteiger partial charge in [0, 0.05) is 18.1 Å². The number of rotatable bonds is 7. The van der Waals surface area contributed by atoms with Gasteiger partial charge in [-0.05, 0) is 69.2 Å². The second kappa shape index (κ2) is 9.85. The first-order valence-electron chi connectivity index (χ1n) is 11.8. The summed E-state index contributed by atoms with van der Waals surface area (Å²) in [6, 6.07) is 18.8. The SMILES string of the molecule is COc1ccc2c(c1)OC(C)(C)CC2NC(=O)CN(c1cccc(C)c1C)S(=O)(=O)c1ccccc1. The van der Waals surface area contributed by atoms with Crippen molar-refractivity contribution in [3.63, 3.8) is 0 Å². The summed E-state index contributed by atoms with van der Waals surface area (Å²) in [6.07, 6.45) is 0.535. The van der Waals surface area contributed by atoms with E-state index in [1.807, 2.05) is 45.9 Å². The molecule has 3 aromatic carbocycles. The predicted octanol–water partition coefficient (Wildman–Crippen LogP) is 4.93. The number of sulfonamides is 1. The first kappa shape index (κ1) is 25.6. The van der Waals surface area contributed by atoms with Crippen molar-refractivity contribution < 1.29 is 22.7 Å². The Hall–Kier alpha value is -3.52. The van der Waals surface area contributed by atoms with Crippen LogP contribution < -0.4 is 19.1 Å². The smallest absolute Gasteiger partial charge is 0.264 e. The predicted molar refractivity (Wildman–Crippen MR) is 140 cm³/mol. The highest BCUT2D eigenvalue weighted by Gasteiger charge is 2.36. The molecule has 1 unspecified atom stereocenters. The van der Waals surface area contributed by atoms with Gasteiger partial charge in [0.15, 0.2) is 0 Å². The average molecular weight is 509 g/mol. The van der Waals surface area contributed by atoms with Crippen molar-refractivity contribution in [2.24, 2.45) is 0 Å². The molecule has 4 rings (SSSR count). The molecular weight excluding hydrogens is 476 g/mol. The Bertz CT molecular complexity index is 1370. The van der Waals surface area contributed by atoms with Crippen LogP contribution in [0, 0.1) is 13.8 Å². The maximum absolute atomic E-state index is 13.7. The monoisotopic (exact) mass is 508 g/mol. The van der Waals surface area contributed by atoms with Gasteiger partial charge in [-0.1, -0.05) is 30.3 Å². The average Bonchev–Trinajstić information content (AvgIpc) is 2.84. The highest BCUT2D eigenvalue weighted by Crippen LogP contribution is 2.41. The summed E-state index contributed by atoms with van der Waals surface area (Å²) in [5, 5.41) is 3.06. The van der Waals surface area contributed by atoms with Crippen LogP contribution >= 0.6 is 0 Å². The van der Waals surface area contributed by atoms with Crippen molar-refractivity contribution >= 4 is 21.6 Å². The van der Waals surface area contributed by atoms with Gasteiger partial charge in [0.05, 0.1) is 23.7 Å². The van der Waals surface area contributed by atoms with E-state index in [4.69, 9.17) is 9.47 Å². The minimum atomic E-state index is -3.99. The molecule has 1 atom stereocenters. The fourth-order valence-electron chi connectivity index (χ4n) is 4.48. The molecule has 1 amide bonds. The number of anilines is 1. The van der Waals surface area contributed by atoms with Crippen LogP contribution in [0.2, 0.25) is 0 Å². The molecule has 0 aromatic heterocycles. The van der Waals surface area contributed by atoms with Crippen molar-refractivity contribution in [2.75, 3.05) is 18.0 Å². The van der Waals surface area contributed by atoms with Gasteiger partial charge < -0.3 is 14.8 Å². The van der Waals surface area contributed by atoms with Gasteiger partial charge in [0.1, 0.15) is 23.6 Å². The normalized spacial score (nSPS) is 16.4. The lowest BCUT2D eigenvalue weighted by molar-refractivity contribution is -0.120. The van der Waals surface area contributed by atoms with Crippen LogP contribution in [-0.2, 0) is 14.8 Å². The van der Waals surface area contributed by atoms with Crippen LogP contribution in [0.3, 0.4) is 0 Å². The van der Waals surface area contributed by atoms with Crippen LogP contribution in [0.15, 0.2) is 71.6 Å². The summed E-state index contributed by atoms with van der Waals surface area (Å²) in [4.78, 5) is 13.6. The van der Waals surface area contributed by atoms with E-state index in [9.17, 15) is 13.2 Å². The highest BCUT2D eigenvalue weighted by molar-refractivity contribution is 7.92. The zero-order valence-corrected chi connectivity index (χ0v) is 22.1. The molecule has 1 aliphatic heterocycles. The minimum Gasteiger partial charge on any atom is -0.497 e. The van der Waals surface area contributed by atoms with Crippen LogP contribution in [0.5, 0.6) is 11.5 Å². The molecule has 1 heterocycles. The van der Waals surface area contributed by atoms with Crippen molar-refractivity contribution in [1.82, 2.24) is 5.32 Å². The molecule has 1 aliphatic rings. The summed E-state index contributed by atoms with van der Waals surface area (Å²) < 4.78 is 40.1. The first-order valence-corrected chi connectivity index (χ1v) is 13.3. The second-order valence-electron chi connectivity index (χ2n) is 9.63. The van der Waals surface area contributed by atoms with Crippen LogP contribution in [0.1, 0.15) is 43.0 Å². The van der Waals surface area contributed by atoms with Crippen molar-refractivity contribution in [1.29, 1.82) is 0 Å². The Balaban J connectivity index is 1.67. The summed E-state index contributed by atoms with van der Waals surface area (Å²) in [6.45, 7) is 7.33. The van der Waals surface area contributed by atoms with E-state index in [1.54, 1.807) is 43.5 Å². The third-order valence-electron chi connectivity index (χ3n) is 6.48. The Morgan fingerprint density at radius 3 is 2.50 bits per heavy atom. The van der Waals surface area contributed by atoms with Crippen LogP contribution in [0.25, 0.3) is 0 Å². The summed E-state index contributed by atoms with van der Waals surface area (Å²) in [7, 11) is -2.40. The summed E-state index contributed by atoms with van der Waals surface area (Å²) in [5.41, 5.74) is 2.52. The molecule has 0 spiro atoms. The van der Waals surface area contributed by atoms with Crippen molar-refractivity contribution in [3.05, 3.63) is 83.4 Å². The molecule has 0 aliphatic carbocycles. The molecule has 7 nitrogen and oxygen atoms in total. The van der Waals surface area contributed by atoms with Crippen molar-refractivity contribution in [3.8, 4) is 11.5 Å². The maximum atomic E-state index is 13.7. The zero-order chi connectivity index (χ0) is 26.1. The van der Waals surface area contributed by atoms with Gasteiger partial charge >= 0.3 is 0 Å². The van der Waals surface area contributed by atoms with Gasteiger partial charge in [-0.2, -0.15) is 0 Å². The Morgan fingerprint density at radius 1 is 1.08 bits per heavy atom. The minimum absolute atomic E-state index is 0.128. The molecule has 36 heavy (non-hydrogen) atoms. The number of carbonyl (C=O) groups is 1. The standard InChI is InChI=1S/C28H32N2O5S/c1-19-10-9-13-25(20(19)2)30(36(32,33)22-11-7-6-8-12-22)18-27(31)29-24-17-28(3,4)35-26-16-21(34-5)14-15-23(24)26/h6-16,24H,17-18H2,1-5H3,(H,29,31). The van der Waals surface area contributed by atoms with Crippen LogP contribution in [-0.4, -0.2) is 33.6 Å². The Labute approximate surface area is 213 Å². The zero-order valence-electron chi connectivity index (χ0n) is 21.2. The lowest BCUT2D eigenvalue weighted by Gasteiger charge is -2.38. The van der Waals surface area contributed by atoms with Gasteiger partial charge in [-0.25, -0.2) is 8.42 Å². The second-order valence-corrected chi connectivity index (χ2v) is 11.5. The molecule has 0 fully saturated rings. The quantitative estimate of drug-likeness (QED) is 0.489. The highest BCUT2D eigenvalue weighted by atomic mass is 32.2. The molecule has 0 saturated heterocycles. The number of hydrogen-bond acceptors (Lipinski definition) is 5. The van der Waals surface area contributed by atoms with E-state index in [1.165, 1.54) is 16.4 Å². The molecule has 0 bridgehead atoms. The fraction of sp³-hybridized carbons (Fsp3) is 0.321. The summed E-state index contributed by atoms with van der Waals surface area (Å²) in [5.74, 6) is 0.894. The number of methoxy groups -OCH3 is 1. The fourth-order valence-corrected chi connectivity index (χ4v) is 5.98. The van der Waals surface area contributed by atoms with E-state index < -0.39 is 21.5 Å². The number of hydrogen-bond donors (Lipinski definition) is 1. The summed E-state index contributed by atoms with van der Waals surface area (Å²) >= 11 is 0. The number of aryl methyl sites for hydroxylation is 1. The molecule has 8 heteroatoms. The molecule has 0 radical (unpaired) electrons. The van der Waals surface area contributed by atoms with E-state index >= 15 is 0 Å². The first-order chi connectivity index (χ1) is 17.0. The molecule has 0 saturated carbocycles. The third-order valence-corrected chi connectivity index (χ3v) is 8.25. The molecule has 1 N–H and O–H groups in total. The van der Waals surface area contributed by atoms with Crippen molar-refractivity contribution in [2.45, 2.75) is 50.7 Å². The number of fused-ring (bicyclic) bond motifs is 1. The number of ether oxygens (including phenoxy) is 2. The van der Waals surface area contributed by atoms with Gasteiger partial charge in [0.25, 0.3) is 10.0 Å². The lowest BCUT2D eigenvalue weighted by Crippen LogP contribution is -2.45. The van der Waals surface area contributed by atoms with Gasteiger partial charge in [-0.15, -0.1) is 0 Å². The molecule has 3 aromatic rings. The van der Waals surface area contributed by atoms with E-state index in [-0.39, 0.29) is 17.5 Å². The van der Waals surface area contributed by atoms with E-state index in [2.05, 4.69) is 5.32 Å². The number of nitrogens with zero attached hydrogens (tertiary/aromatic N) is 1. The largest absolute Gasteiger partial charge is 0.497 e.